The number of amides is 3. The molecule has 29 heavy (non-hydrogen) atoms. The third-order valence-corrected chi connectivity index (χ3v) is 5.11. The van der Waals surface area contributed by atoms with Gasteiger partial charge in [-0.1, -0.05) is 36.4 Å². The minimum Gasteiger partial charge on any atom is -0.329 e. The number of hydrogen-bond donors (Lipinski definition) is 1. The SMILES string of the molecule is C=CCN1C(=O)N[C@@H](c2ccccc2F)C2=C1CN(Cc1ccc(F)cc1)C2=O. The quantitative estimate of drug-likeness (QED) is 0.788. The standard InChI is InChI=1S/C22H19F2N3O2/c1-2-11-27-18-13-26(12-14-7-9-15(23)10-8-14)21(28)19(18)20(25-22(27)29)16-5-3-4-6-17(16)24/h2-10,20H,1,11-13H2,(H,25,29)/t20-/m0/s1. The average molecular weight is 395 g/mol. The Morgan fingerprint density at radius 3 is 2.52 bits per heavy atom. The molecule has 1 atom stereocenters. The van der Waals surface area contributed by atoms with Crippen molar-refractivity contribution in [3.05, 3.63) is 95.2 Å². The minimum atomic E-state index is -0.870. The Hall–Kier alpha value is -3.48. The topological polar surface area (TPSA) is 52.7 Å². The molecule has 0 spiro atoms. The summed E-state index contributed by atoms with van der Waals surface area (Å²) in [5.74, 6) is -1.14. The second kappa shape index (κ2) is 7.50. The second-order valence-corrected chi connectivity index (χ2v) is 6.95. The highest BCUT2D eigenvalue weighted by Gasteiger charge is 2.44. The lowest BCUT2D eigenvalue weighted by Crippen LogP contribution is -2.47. The number of hydrogen-bond acceptors (Lipinski definition) is 2. The molecule has 2 aliphatic heterocycles. The molecule has 2 aromatic rings. The Balaban J connectivity index is 1.71. The van der Waals surface area contributed by atoms with Crippen LogP contribution in [-0.4, -0.2) is 34.8 Å². The lowest BCUT2D eigenvalue weighted by Gasteiger charge is -2.33. The Labute approximate surface area is 166 Å². The third-order valence-electron chi connectivity index (χ3n) is 5.11. The first-order valence-corrected chi connectivity index (χ1v) is 9.19. The van der Waals surface area contributed by atoms with Gasteiger partial charge < -0.3 is 10.2 Å². The van der Waals surface area contributed by atoms with E-state index in [9.17, 15) is 18.4 Å². The monoisotopic (exact) mass is 395 g/mol. The number of rotatable bonds is 5. The molecule has 4 rings (SSSR count). The number of carbonyl (C=O) groups excluding carboxylic acids is 2. The highest BCUT2D eigenvalue weighted by Crippen LogP contribution is 2.37. The summed E-state index contributed by atoms with van der Waals surface area (Å²) in [7, 11) is 0. The molecule has 0 bridgehead atoms. The van der Waals surface area contributed by atoms with Crippen molar-refractivity contribution in [2.24, 2.45) is 0 Å². The molecule has 0 radical (unpaired) electrons. The number of nitrogens with zero attached hydrogens (tertiary/aromatic N) is 2. The molecule has 0 aromatic heterocycles. The average Bonchev–Trinajstić information content (AvgIpc) is 3.02. The summed E-state index contributed by atoms with van der Waals surface area (Å²) in [4.78, 5) is 28.9. The number of benzene rings is 2. The summed E-state index contributed by atoms with van der Waals surface area (Å²) in [5, 5.41) is 2.75. The predicted octanol–water partition coefficient (Wildman–Crippen LogP) is 3.51. The maximum atomic E-state index is 14.4. The van der Waals surface area contributed by atoms with Crippen molar-refractivity contribution in [2.45, 2.75) is 12.6 Å². The van der Waals surface area contributed by atoms with Gasteiger partial charge in [0.2, 0.25) is 0 Å². The molecular formula is C22H19F2N3O2. The number of urea groups is 1. The molecule has 0 saturated carbocycles. The van der Waals surface area contributed by atoms with Gasteiger partial charge in [0.15, 0.2) is 0 Å². The largest absolute Gasteiger partial charge is 0.329 e. The van der Waals surface area contributed by atoms with E-state index in [0.717, 1.165) is 5.56 Å². The van der Waals surface area contributed by atoms with Gasteiger partial charge in [-0.25, -0.2) is 13.6 Å². The van der Waals surface area contributed by atoms with E-state index in [4.69, 9.17) is 0 Å². The Kier molecular flexibility index (Phi) is 4.88. The van der Waals surface area contributed by atoms with Crippen molar-refractivity contribution < 1.29 is 18.4 Å². The zero-order valence-corrected chi connectivity index (χ0v) is 15.6. The summed E-state index contributed by atoms with van der Waals surface area (Å²) >= 11 is 0. The van der Waals surface area contributed by atoms with Gasteiger partial charge in [-0.15, -0.1) is 6.58 Å². The molecule has 0 aliphatic carbocycles. The summed E-state index contributed by atoms with van der Waals surface area (Å²) in [6.07, 6.45) is 1.57. The first-order valence-electron chi connectivity index (χ1n) is 9.19. The van der Waals surface area contributed by atoms with E-state index in [-0.39, 0.29) is 36.9 Å². The normalized spacial score (nSPS) is 18.8. The maximum absolute atomic E-state index is 14.4. The molecule has 148 valence electrons. The van der Waals surface area contributed by atoms with E-state index in [1.54, 1.807) is 41.3 Å². The molecule has 7 heteroatoms. The van der Waals surface area contributed by atoms with Crippen molar-refractivity contribution in [2.75, 3.05) is 13.1 Å². The molecule has 3 amide bonds. The van der Waals surface area contributed by atoms with Crippen LogP contribution in [0.5, 0.6) is 0 Å². The van der Waals surface area contributed by atoms with E-state index in [0.29, 0.717) is 11.3 Å². The van der Waals surface area contributed by atoms with Crippen LogP contribution in [0.3, 0.4) is 0 Å². The lowest BCUT2D eigenvalue weighted by atomic mass is 9.95. The molecule has 0 fully saturated rings. The number of carbonyl (C=O) groups is 2. The fourth-order valence-corrected chi connectivity index (χ4v) is 3.75. The fourth-order valence-electron chi connectivity index (χ4n) is 3.75. The van der Waals surface area contributed by atoms with E-state index < -0.39 is 17.9 Å². The zero-order valence-electron chi connectivity index (χ0n) is 15.6. The summed E-state index contributed by atoms with van der Waals surface area (Å²) < 4.78 is 27.6. The van der Waals surface area contributed by atoms with Crippen molar-refractivity contribution >= 4 is 11.9 Å². The lowest BCUT2D eigenvalue weighted by molar-refractivity contribution is -0.126. The molecule has 2 aromatic carbocycles. The van der Waals surface area contributed by atoms with E-state index >= 15 is 0 Å². The van der Waals surface area contributed by atoms with Crippen LogP contribution in [-0.2, 0) is 11.3 Å². The van der Waals surface area contributed by atoms with Crippen LogP contribution in [0.15, 0.2) is 72.5 Å². The van der Waals surface area contributed by atoms with Crippen LogP contribution in [0.4, 0.5) is 13.6 Å². The molecule has 0 unspecified atom stereocenters. The van der Waals surface area contributed by atoms with Gasteiger partial charge in [0.1, 0.15) is 11.6 Å². The van der Waals surface area contributed by atoms with Crippen molar-refractivity contribution in [1.82, 2.24) is 15.1 Å². The highest BCUT2D eigenvalue weighted by molar-refractivity contribution is 6.01. The first-order chi connectivity index (χ1) is 14.0. The summed E-state index contributed by atoms with van der Waals surface area (Å²) in [6.45, 7) is 4.36. The van der Waals surface area contributed by atoms with Gasteiger partial charge in [-0.2, -0.15) is 0 Å². The highest BCUT2D eigenvalue weighted by atomic mass is 19.1. The number of nitrogens with one attached hydrogen (secondary N) is 1. The second-order valence-electron chi connectivity index (χ2n) is 6.95. The maximum Gasteiger partial charge on any atom is 0.322 e. The smallest absolute Gasteiger partial charge is 0.322 e. The number of halogens is 2. The van der Waals surface area contributed by atoms with Gasteiger partial charge in [-0.3, -0.25) is 9.69 Å². The zero-order chi connectivity index (χ0) is 20.5. The molecule has 0 saturated heterocycles. The molecule has 2 heterocycles. The first kappa shape index (κ1) is 18.9. The van der Waals surface area contributed by atoms with Crippen molar-refractivity contribution in [3.63, 3.8) is 0 Å². The van der Waals surface area contributed by atoms with Crippen molar-refractivity contribution in [3.8, 4) is 0 Å². The van der Waals surface area contributed by atoms with Gasteiger partial charge >= 0.3 is 6.03 Å². The van der Waals surface area contributed by atoms with Crippen LogP contribution in [0.25, 0.3) is 0 Å². The molecule has 2 aliphatic rings. The Morgan fingerprint density at radius 1 is 1.10 bits per heavy atom. The van der Waals surface area contributed by atoms with Crippen LogP contribution in [0.1, 0.15) is 17.2 Å². The van der Waals surface area contributed by atoms with E-state index in [1.165, 1.54) is 23.1 Å². The predicted molar refractivity (Wildman–Crippen MR) is 103 cm³/mol. The Morgan fingerprint density at radius 2 is 1.83 bits per heavy atom. The molecular weight excluding hydrogens is 376 g/mol. The summed E-state index contributed by atoms with van der Waals surface area (Å²) in [6, 6.07) is 10.7. The van der Waals surface area contributed by atoms with Crippen LogP contribution in [0.2, 0.25) is 0 Å². The molecule has 1 N–H and O–H groups in total. The Bertz CT molecular complexity index is 1020. The van der Waals surface area contributed by atoms with E-state index in [2.05, 4.69) is 11.9 Å². The van der Waals surface area contributed by atoms with Gasteiger partial charge in [-0.05, 0) is 23.8 Å². The van der Waals surface area contributed by atoms with Crippen LogP contribution < -0.4 is 5.32 Å². The molecule has 5 nitrogen and oxygen atoms in total. The van der Waals surface area contributed by atoms with Crippen molar-refractivity contribution in [1.29, 1.82) is 0 Å². The van der Waals surface area contributed by atoms with Crippen LogP contribution >= 0.6 is 0 Å². The van der Waals surface area contributed by atoms with Crippen LogP contribution in [0, 0.1) is 11.6 Å². The van der Waals surface area contributed by atoms with Gasteiger partial charge in [0.25, 0.3) is 5.91 Å². The minimum absolute atomic E-state index is 0.206. The van der Waals surface area contributed by atoms with Gasteiger partial charge in [0.05, 0.1) is 23.9 Å². The van der Waals surface area contributed by atoms with Gasteiger partial charge in [0, 0.05) is 18.7 Å². The fraction of sp³-hybridized carbons (Fsp3) is 0.182. The summed E-state index contributed by atoms with van der Waals surface area (Å²) in [5.41, 5.74) is 1.88. The van der Waals surface area contributed by atoms with E-state index in [1.807, 2.05) is 0 Å². The third kappa shape index (κ3) is 3.40.